The van der Waals surface area contributed by atoms with Gasteiger partial charge in [-0.3, -0.25) is 5.32 Å². The third-order valence-electron chi connectivity index (χ3n) is 4.50. The van der Waals surface area contributed by atoms with Gasteiger partial charge in [0.05, 0.1) is 11.7 Å². The lowest BCUT2D eigenvalue weighted by Gasteiger charge is -2.39. The van der Waals surface area contributed by atoms with E-state index < -0.39 is 29.8 Å². The minimum atomic E-state index is -4.65. The predicted octanol–water partition coefficient (Wildman–Crippen LogP) is 2.89. The summed E-state index contributed by atoms with van der Waals surface area (Å²) < 4.78 is 46.8. The Bertz CT molecular complexity index is 751. The molecule has 0 aliphatic carbocycles. The monoisotopic (exact) mass is 352 g/mol. The largest absolute Gasteiger partial charge is 0.427 e. The van der Waals surface area contributed by atoms with Crippen molar-refractivity contribution in [3.8, 4) is 0 Å². The Morgan fingerprint density at radius 2 is 1.92 bits per heavy atom. The number of rotatable bonds is 1. The predicted molar refractivity (Wildman–Crippen MR) is 87.0 cm³/mol. The SMILES string of the molecule is Cc1ccc(/C=C2\C(=O)OC3=C(C(N)NCC3C)C2C(F)(F)F)cc1. The number of nitrogens with one attached hydrogen (secondary N) is 1. The molecule has 1 aromatic carbocycles. The lowest BCUT2D eigenvalue weighted by molar-refractivity contribution is -0.168. The second-order valence-electron chi connectivity index (χ2n) is 6.48. The van der Waals surface area contributed by atoms with Gasteiger partial charge in [0, 0.05) is 18.0 Å². The van der Waals surface area contributed by atoms with Crippen molar-refractivity contribution in [1.29, 1.82) is 0 Å². The van der Waals surface area contributed by atoms with Gasteiger partial charge in [-0.05, 0) is 18.6 Å². The Balaban J connectivity index is 2.15. The van der Waals surface area contributed by atoms with Crippen LogP contribution in [0.1, 0.15) is 18.1 Å². The first-order valence-electron chi connectivity index (χ1n) is 7.98. The van der Waals surface area contributed by atoms with E-state index in [1.807, 2.05) is 6.92 Å². The lowest BCUT2D eigenvalue weighted by atomic mass is 9.80. The molecule has 2 aliphatic rings. The van der Waals surface area contributed by atoms with Crippen LogP contribution in [-0.4, -0.2) is 24.9 Å². The minimum Gasteiger partial charge on any atom is -0.427 e. The van der Waals surface area contributed by atoms with Gasteiger partial charge >= 0.3 is 12.1 Å². The topological polar surface area (TPSA) is 64.3 Å². The molecule has 2 heterocycles. The number of hydrogen-bond donors (Lipinski definition) is 2. The molecular formula is C18H19F3N2O2. The molecular weight excluding hydrogens is 333 g/mol. The van der Waals surface area contributed by atoms with E-state index in [-0.39, 0.29) is 17.3 Å². The van der Waals surface area contributed by atoms with Crippen molar-refractivity contribution in [2.45, 2.75) is 26.2 Å². The number of esters is 1. The summed E-state index contributed by atoms with van der Waals surface area (Å²) in [7, 11) is 0. The van der Waals surface area contributed by atoms with Gasteiger partial charge in [-0.15, -0.1) is 0 Å². The first-order valence-corrected chi connectivity index (χ1v) is 7.98. The van der Waals surface area contributed by atoms with Crippen LogP contribution in [0.3, 0.4) is 0 Å². The Morgan fingerprint density at radius 3 is 2.52 bits per heavy atom. The number of aryl methyl sites for hydroxylation is 1. The zero-order valence-electron chi connectivity index (χ0n) is 13.9. The highest BCUT2D eigenvalue weighted by Crippen LogP contribution is 2.46. The molecule has 25 heavy (non-hydrogen) atoms. The molecule has 0 bridgehead atoms. The van der Waals surface area contributed by atoms with Gasteiger partial charge < -0.3 is 10.5 Å². The molecule has 0 amide bonds. The van der Waals surface area contributed by atoms with E-state index in [2.05, 4.69) is 5.32 Å². The Hall–Kier alpha value is -2.12. The van der Waals surface area contributed by atoms with Crippen LogP contribution in [0.25, 0.3) is 6.08 Å². The highest BCUT2D eigenvalue weighted by Gasteiger charge is 2.53. The average Bonchev–Trinajstić information content (AvgIpc) is 2.53. The molecule has 3 N–H and O–H groups in total. The van der Waals surface area contributed by atoms with Crippen molar-refractivity contribution in [1.82, 2.24) is 5.32 Å². The molecule has 3 unspecified atom stereocenters. The molecule has 0 saturated heterocycles. The number of halogens is 3. The zero-order chi connectivity index (χ0) is 18.4. The van der Waals surface area contributed by atoms with Gasteiger partial charge in [-0.1, -0.05) is 36.8 Å². The summed E-state index contributed by atoms with van der Waals surface area (Å²) in [5.41, 5.74) is 6.79. The Kier molecular flexibility index (Phi) is 4.47. The van der Waals surface area contributed by atoms with E-state index in [0.29, 0.717) is 12.1 Å². The summed E-state index contributed by atoms with van der Waals surface area (Å²) in [6.07, 6.45) is -4.42. The van der Waals surface area contributed by atoms with E-state index in [1.165, 1.54) is 6.08 Å². The number of carbonyl (C=O) groups is 1. The molecule has 0 spiro atoms. The van der Waals surface area contributed by atoms with Crippen LogP contribution in [0.5, 0.6) is 0 Å². The molecule has 0 saturated carbocycles. The van der Waals surface area contributed by atoms with Gasteiger partial charge in [0.25, 0.3) is 0 Å². The number of alkyl halides is 3. The van der Waals surface area contributed by atoms with Gasteiger partial charge in [-0.2, -0.15) is 13.2 Å². The summed E-state index contributed by atoms with van der Waals surface area (Å²) in [5.74, 6) is -3.36. The zero-order valence-corrected chi connectivity index (χ0v) is 13.9. The highest BCUT2D eigenvalue weighted by molar-refractivity contribution is 5.97. The first kappa shape index (κ1) is 17.7. The molecule has 2 aliphatic heterocycles. The number of ether oxygens (including phenoxy) is 1. The molecule has 0 aromatic heterocycles. The molecule has 0 fully saturated rings. The van der Waals surface area contributed by atoms with Crippen LogP contribution >= 0.6 is 0 Å². The summed E-state index contributed by atoms with van der Waals surface area (Å²) in [4.78, 5) is 12.3. The average molecular weight is 352 g/mol. The second kappa shape index (κ2) is 6.31. The maximum absolute atomic E-state index is 13.8. The minimum absolute atomic E-state index is 0.0413. The number of benzene rings is 1. The van der Waals surface area contributed by atoms with E-state index in [9.17, 15) is 18.0 Å². The Morgan fingerprint density at radius 1 is 1.28 bits per heavy atom. The van der Waals surface area contributed by atoms with Gasteiger partial charge in [0.2, 0.25) is 0 Å². The quantitative estimate of drug-likeness (QED) is 0.603. The van der Waals surface area contributed by atoms with Crippen LogP contribution < -0.4 is 11.1 Å². The summed E-state index contributed by atoms with van der Waals surface area (Å²) in [5, 5.41) is 2.84. The fraction of sp³-hybridized carbons (Fsp3) is 0.389. The normalized spacial score (nSPS) is 28.8. The maximum Gasteiger partial charge on any atom is 0.399 e. The fourth-order valence-electron chi connectivity index (χ4n) is 3.21. The Labute approximate surface area is 143 Å². The summed E-state index contributed by atoms with van der Waals surface area (Å²) in [6.45, 7) is 3.92. The summed E-state index contributed by atoms with van der Waals surface area (Å²) in [6, 6.07) is 6.86. The lowest BCUT2D eigenvalue weighted by Crippen LogP contribution is -2.53. The van der Waals surface area contributed by atoms with Gasteiger partial charge in [-0.25, -0.2) is 4.79 Å². The second-order valence-corrected chi connectivity index (χ2v) is 6.48. The third-order valence-corrected chi connectivity index (χ3v) is 4.50. The van der Waals surface area contributed by atoms with Crippen molar-refractivity contribution in [3.05, 3.63) is 52.3 Å². The van der Waals surface area contributed by atoms with E-state index in [4.69, 9.17) is 10.5 Å². The number of hydrogen-bond acceptors (Lipinski definition) is 4. The third kappa shape index (κ3) is 3.34. The standard InChI is InChI=1S/C18H19F3N2O2/c1-9-3-5-11(6-4-9)7-12-14(18(19,20)21)13-15(25-17(12)24)10(2)8-23-16(13)22/h3-7,10,14,16,23H,8,22H2,1-2H3/b12-7-. The van der Waals surface area contributed by atoms with Gasteiger partial charge in [0.15, 0.2) is 0 Å². The van der Waals surface area contributed by atoms with Crippen molar-refractivity contribution in [2.24, 2.45) is 17.6 Å². The van der Waals surface area contributed by atoms with Crippen molar-refractivity contribution in [2.75, 3.05) is 6.54 Å². The van der Waals surface area contributed by atoms with E-state index in [0.717, 1.165) is 5.56 Å². The highest BCUT2D eigenvalue weighted by atomic mass is 19.4. The summed E-state index contributed by atoms with van der Waals surface area (Å²) >= 11 is 0. The molecule has 4 nitrogen and oxygen atoms in total. The van der Waals surface area contributed by atoms with Crippen molar-refractivity contribution in [3.63, 3.8) is 0 Å². The van der Waals surface area contributed by atoms with Crippen LogP contribution in [0.4, 0.5) is 13.2 Å². The van der Waals surface area contributed by atoms with Crippen LogP contribution in [-0.2, 0) is 9.53 Å². The molecule has 0 radical (unpaired) electrons. The van der Waals surface area contributed by atoms with Crippen molar-refractivity contribution < 1.29 is 22.7 Å². The van der Waals surface area contributed by atoms with Gasteiger partial charge in [0.1, 0.15) is 11.7 Å². The number of carbonyl (C=O) groups excluding carboxylic acids is 1. The van der Waals surface area contributed by atoms with E-state index in [1.54, 1.807) is 31.2 Å². The molecule has 134 valence electrons. The van der Waals surface area contributed by atoms with Crippen molar-refractivity contribution >= 4 is 12.0 Å². The fourth-order valence-corrected chi connectivity index (χ4v) is 3.21. The number of nitrogens with two attached hydrogens (primary N) is 1. The smallest absolute Gasteiger partial charge is 0.399 e. The molecule has 3 rings (SSSR count). The first-order chi connectivity index (χ1) is 11.7. The maximum atomic E-state index is 13.8. The van der Waals surface area contributed by atoms with E-state index >= 15 is 0 Å². The van der Waals surface area contributed by atoms with Crippen LogP contribution in [0.2, 0.25) is 0 Å². The van der Waals surface area contributed by atoms with Crippen LogP contribution in [0, 0.1) is 18.8 Å². The van der Waals surface area contributed by atoms with Crippen LogP contribution in [0.15, 0.2) is 41.2 Å². The molecule has 1 aromatic rings. The molecule has 3 atom stereocenters. The molecule has 7 heteroatoms.